The van der Waals surface area contributed by atoms with E-state index < -0.39 is 29.4 Å². The largest absolute Gasteiger partial charge is 0.468 e. The first-order chi connectivity index (χ1) is 12.4. The summed E-state index contributed by atoms with van der Waals surface area (Å²) in [4.78, 5) is 39.7. The molecule has 140 valence electrons. The van der Waals surface area contributed by atoms with Gasteiger partial charge in [0.05, 0.1) is 18.9 Å². The van der Waals surface area contributed by atoms with Crippen LogP contribution in [-0.2, 0) is 19.1 Å². The number of benzene rings is 1. The Morgan fingerprint density at radius 1 is 1.27 bits per heavy atom. The van der Waals surface area contributed by atoms with Crippen LogP contribution in [0.4, 0.5) is 0 Å². The molecule has 2 heterocycles. The number of amides is 2. The van der Waals surface area contributed by atoms with Gasteiger partial charge in [0.1, 0.15) is 5.54 Å². The minimum absolute atomic E-state index is 0.243. The van der Waals surface area contributed by atoms with Crippen LogP contribution in [0.3, 0.4) is 0 Å². The van der Waals surface area contributed by atoms with Gasteiger partial charge in [0, 0.05) is 13.1 Å². The van der Waals surface area contributed by atoms with Gasteiger partial charge in [-0.2, -0.15) is 11.8 Å². The average Bonchev–Trinajstić information content (AvgIpc) is 3.10. The lowest BCUT2D eigenvalue weighted by atomic mass is 9.78. The van der Waals surface area contributed by atoms with Crippen LogP contribution in [0.15, 0.2) is 24.3 Å². The Labute approximate surface area is 157 Å². The Bertz CT molecular complexity index is 736. The molecule has 0 radical (unpaired) electrons. The molecule has 3 rings (SSSR count). The highest BCUT2D eigenvalue weighted by atomic mass is 32.2. The molecule has 6 nitrogen and oxygen atoms in total. The maximum absolute atomic E-state index is 12.9. The Morgan fingerprint density at radius 2 is 1.92 bits per heavy atom. The smallest absolute Gasteiger partial charge is 0.326 e. The Kier molecular flexibility index (Phi) is 5.12. The van der Waals surface area contributed by atoms with Crippen molar-refractivity contribution in [3.63, 3.8) is 0 Å². The van der Waals surface area contributed by atoms with Gasteiger partial charge in [0.25, 0.3) is 0 Å². The summed E-state index contributed by atoms with van der Waals surface area (Å²) in [6.07, 6.45) is 2.37. The van der Waals surface area contributed by atoms with E-state index in [1.807, 2.05) is 37.4 Å². The molecule has 0 unspecified atom stereocenters. The standard InChI is InChI=1S/C19H24N2O4S/c1-11-5-7-12(8-6-11)15-13-14(17(23)21(2)16(13)22)19(20-15,9-10-26-4)18(24)25-3/h5-8,13-15,20H,9-10H2,1-4H3/t13-,14+,15-,19+/m1/s1. The van der Waals surface area contributed by atoms with Crippen LogP contribution in [0.5, 0.6) is 0 Å². The van der Waals surface area contributed by atoms with Crippen molar-refractivity contribution in [3.05, 3.63) is 35.4 Å². The molecule has 1 N–H and O–H groups in total. The molecular weight excluding hydrogens is 352 g/mol. The molecule has 0 spiro atoms. The lowest BCUT2D eigenvalue weighted by Crippen LogP contribution is -2.56. The summed E-state index contributed by atoms with van der Waals surface area (Å²) in [5, 5.41) is 3.35. The molecular formula is C19H24N2O4S. The van der Waals surface area contributed by atoms with Crippen LogP contribution in [0.25, 0.3) is 0 Å². The fourth-order valence-electron chi connectivity index (χ4n) is 4.17. The molecule has 0 aromatic heterocycles. The normalized spacial score (nSPS) is 30.6. The second-order valence-corrected chi connectivity index (χ2v) is 7.96. The predicted molar refractivity (Wildman–Crippen MR) is 99.6 cm³/mol. The molecule has 2 amide bonds. The van der Waals surface area contributed by atoms with Crippen molar-refractivity contribution in [2.75, 3.05) is 26.2 Å². The first-order valence-electron chi connectivity index (χ1n) is 8.60. The number of methoxy groups -OCH3 is 1. The number of fused-ring (bicyclic) bond motifs is 1. The maximum Gasteiger partial charge on any atom is 0.326 e. The van der Waals surface area contributed by atoms with E-state index in [1.54, 1.807) is 11.8 Å². The zero-order chi connectivity index (χ0) is 19.1. The van der Waals surface area contributed by atoms with Gasteiger partial charge in [0.15, 0.2) is 0 Å². The van der Waals surface area contributed by atoms with Crippen LogP contribution in [-0.4, -0.2) is 54.4 Å². The number of ether oxygens (including phenoxy) is 1. The number of rotatable bonds is 5. The molecule has 7 heteroatoms. The highest BCUT2D eigenvalue weighted by Gasteiger charge is 2.67. The molecule has 0 bridgehead atoms. The summed E-state index contributed by atoms with van der Waals surface area (Å²) < 4.78 is 5.07. The zero-order valence-corrected chi connectivity index (χ0v) is 16.3. The lowest BCUT2D eigenvalue weighted by molar-refractivity contribution is -0.154. The van der Waals surface area contributed by atoms with Crippen molar-refractivity contribution in [1.82, 2.24) is 10.2 Å². The number of carbonyl (C=O) groups excluding carboxylic acids is 3. The number of esters is 1. The number of likely N-dealkylation sites (tertiary alicyclic amines) is 1. The zero-order valence-electron chi connectivity index (χ0n) is 15.4. The third-order valence-corrected chi connectivity index (χ3v) is 6.17. The first kappa shape index (κ1) is 18.9. The van der Waals surface area contributed by atoms with Crippen molar-refractivity contribution in [2.24, 2.45) is 11.8 Å². The molecule has 26 heavy (non-hydrogen) atoms. The van der Waals surface area contributed by atoms with E-state index in [4.69, 9.17) is 4.74 Å². The third-order valence-electron chi connectivity index (χ3n) is 5.56. The maximum atomic E-state index is 12.9. The van der Waals surface area contributed by atoms with E-state index in [1.165, 1.54) is 14.2 Å². The molecule has 2 aliphatic heterocycles. The van der Waals surface area contributed by atoms with E-state index >= 15 is 0 Å². The average molecular weight is 376 g/mol. The molecule has 1 aromatic carbocycles. The quantitative estimate of drug-likeness (QED) is 0.621. The van der Waals surface area contributed by atoms with Gasteiger partial charge in [-0.05, 0) is 30.9 Å². The van der Waals surface area contributed by atoms with Crippen molar-refractivity contribution in [2.45, 2.75) is 24.9 Å². The SMILES string of the molecule is COC(=O)[C@@]1(CCSC)N[C@H](c2ccc(C)cc2)[C@@H]2C(=O)N(C)C(=O)[C@H]21. The van der Waals surface area contributed by atoms with Crippen molar-refractivity contribution >= 4 is 29.5 Å². The summed E-state index contributed by atoms with van der Waals surface area (Å²) in [5.41, 5.74) is 0.822. The topological polar surface area (TPSA) is 75.7 Å². The van der Waals surface area contributed by atoms with Crippen LogP contribution in [0.2, 0.25) is 0 Å². The summed E-state index contributed by atoms with van der Waals surface area (Å²) in [6, 6.07) is 7.43. The highest BCUT2D eigenvalue weighted by Crippen LogP contribution is 2.50. The second kappa shape index (κ2) is 7.04. The van der Waals surface area contributed by atoms with E-state index in [9.17, 15) is 14.4 Å². The number of nitrogens with zero attached hydrogens (tertiary/aromatic N) is 1. The Morgan fingerprint density at radius 3 is 2.50 bits per heavy atom. The van der Waals surface area contributed by atoms with E-state index in [-0.39, 0.29) is 11.8 Å². The van der Waals surface area contributed by atoms with E-state index in [0.717, 1.165) is 16.0 Å². The number of carbonyl (C=O) groups is 3. The van der Waals surface area contributed by atoms with Crippen LogP contribution in [0, 0.1) is 18.8 Å². The first-order valence-corrected chi connectivity index (χ1v) is 9.99. The molecule has 0 aliphatic carbocycles. The monoisotopic (exact) mass is 376 g/mol. The predicted octanol–water partition coefficient (Wildman–Crippen LogP) is 1.54. The van der Waals surface area contributed by atoms with Gasteiger partial charge in [-0.1, -0.05) is 29.8 Å². The fourth-order valence-corrected chi connectivity index (χ4v) is 4.70. The number of thioether (sulfide) groups is 1. The highest BCUT2D eigenvalue weighted by molar-refractivity contribution is 7.98. The minimum atomic E-state index is -1.19. The molecule has 2 fully saturated rings. The second-order valence-electron chi connectivity index (χ2n) is 6.98. The van der Waals surface area contributed by atoms with Crippen molar-refractivity contribution in [3.8, 4) is 0 Å². The minimum Gasteiger partial charge on any atom is -0.468 e. The molecule has 4 atom stereocenters. The van der Waals surface area contributed by atoms with Gasteiger partial charge in [-0.25, -0.2) is 0 Å². The van der Waals surface area contributed by atoms with E-state index in [2.05, 4.69) is 5.32 Å². The van der Waals surface area contributed by atoms with Gasteiger partial charge >= 0.3 is 5.97 Å². The Hall–Kier alpha value is -1.86. The van der Waals surface area contributed by atoms with E-state index in [0.29, 0.717) is 12.2 Å². The summed E-state index contributed by atoms with van der Waals surface area (Å²) >= 11 is 1.59. The number of aryl methyl sites for hydroxylation is 1. The van der Waals surface area contributed by atoms with Crippen LogP contribution >= 0.6 is 11.8 Å². The Balaban J connectivity index is 2.11. The summed E-state index contributed by atoms with van der Waals surface area (Å²) in [5.74, 6) is -1.70. The summed E-state index contributed by atoms with van der Waals surface area (Å²) in [6.45, 7) is 1.99. The lowest BCUT2D eigenvalue weighted by Gasteiger charge is -2.32. The number of hydrogen-bond acceptors (Lipinski definition) is 6. The van der Waals surface area contributed by atoms with Crippen LogP contribution in [0.1, 0.15) is 23.6 Å². The van der Waals surface area contributed by atoms with Gasteiger partial charge in [-0.3, -0.25) is 24.6 Å². The molecule has 1 aromatic rings. The number of hydrogen-bond donors (Lipinski definition) is 1. The molecule has 2 saturated heterocycles. The summed E-state index contributed by atoms with van der Waals surface area (Å²) in [7, 11) is 2.82. The molecule has 2 aliphatic rings. The number of nitrogens with one attached hydrogen (secondary N) is 1. The fraction of sp³-hybridized carbons (Fsp3) is 0.526. The van der Waals surface area contributed by atoms with Crippen molar-refractivity contribution in [1.29, 1.82) is 0 Å². The third kappa shape index (κ3) is 2.74. The van der Waals surface area contributed by atoms with Gasteiger partial charge in [0.2, 0.25) is 11.8 Å². The van der Waals surface area contributed by atoms with Crippen molar-refractivity contribution < 1.29 is 19.1 Å². The number of imide groups is 1. The van der Waals surface area contributed by atoms with Gasteiger partial charge in [-0.15, -0.1) is 0 Å². The van der Waals surface area contributed by atoms with Crippen LogP contribution < -0.4 is 5.32 Å². The molecule has 0 saturated carbocycles. The van der Waals surface area contributed by atoms with Gasteiger partial charge < -0.3 is 4.74 Å².